The molecule has 65 valence electrons. The van der Waals surface area contributed by atoms with Gasteiger partial charge in [-0.05, 0) is 13.8 Å². The molecule has 0 bridgehead atoms. The Morgan fingerprint density at radius 2 is 1.69 bits per heavy atom. The van der Waals surface area contributed by atoms with Crippen molar-refractivity contribution in [3.63, 3.8) is 0 Å². The first-order chi connectivity index (χ1) is 6.25. The highest BCUT2D eigenvalue weighted by Crippen LogP contribution is 2.10. The predicted molar refractivity (Wildman–Crippen MR) is 53.6 cm³/mol. The molecule has 1 heterocycles. The summed E-state index contributed by atoms with van der Waals surface area (Å²) >= 11 is 0. The smallest absolute Gasteiger partial charge is 0.159 e. The van der Waals surface area contributed by atoms with Crippen LogP contribution in [0.2, 0.25) is 0 Å². The van der Waals surface area contributed by atoms with Gasteiger partial charge in [0.25, 0.3) is 0 Å². The molecule has 0 saturated heterocycles. The maximum atomic E-state index is 4.30. The van der Waals surface area contributed by atoms with Gasteiger partial charge in [0.1, 0.15) is 0 Å². The second-order valence-electron chi connectivity index (χ2n) is 3.20. The van der Waals surface area contributed by atoms with Crippen molar-refractivity contribution in [3.05, 3.63) is 47.3 Å². The van der Waals surface area contributed by atoms with Crippen molar-refractivity contribution < 1.29 is 0 Å². The quantitative estimate of drug-likeness (QED) is 0.619. The number of hydrogen-bond donors (Lipinski definition) is 0. The van der Waals surface area contributed by atoms with E-state index in [4.69, 9.17) is 0 Å². The van der Waals surface area contributed by atoms with E-state index in [-0.39, 0.29) is 0 Å². The number of allylic oxidation sites excluding steroid dienone is 1. The molecule has 0 fully saturated rings. The van der Waals surface area contributed by atoms with Crippen molar-refractivity contribution in [2.24, 2.45) is 4.99 Å². The minimum atomic E-state index is 0.817. The topological polar surface area (TPSA) is 26.5 Å². The Morgan fingerprint density at radius 3 is 2.23 bits per heavy atom. The highest BCUT2D eigenvalue weighted by Gasteiger charge is 2.08. The molecule has 0 N–H and O–H groups in total. The SMILES string of the molecule is CC1=C[N]C(c2ccc(C)cc2)=N1. The highest BCUT2D eigenvalue weighted by atomic mass is 15.0. The third-order valence-electron chi connectivity index (χ3n) is 1.97. The van der Waals surface area contributed by atoms with Crippen molar-refractivity contribution in [1.82, 2.24) is 5.32 Å². The summed E-state index contributed by atoms with van der Waals surface area (Å²) in [7, 11) is 0. The van der Waals surface area contributed by atoms with Crippen LogP contribution in [0.5, 0.6) is 0 Å². The van der Waals surface area contributed by atoms with Crippen LogP contribution in [0.25, 0.3) is 0 Å². The lowest BCUT2D eigenvalue weighted by atomic mass is 10.1. The molecule has 0 aromatic heterocycles. The fourth-order valence-corrected chi connectivity index (χ4v) is 1.22. The summed E-state index contributed by atoms with van der Waals surface area (Å²) in [5.41, 5.74) is 3.31. The first-order valence-electron chi connectivity index (χ1n) is 4.29. The van der Waals surface area contributed by atoms with Crippen molar-refractivity contribution in [1.29, 1.82) is 0 Å². The number of aryl methyl sites for hydroxylation is 1. The summed E-state index contributed by atoms with van der Waals surface area (Å²) in [5, 5.41) is 4.20. The van der Waals surface area contributed by atoms with E-state index in [2.05, 4.69) is 29.4 Å². The Bertz CT molecular complexity index is 372. The van der Waals surface area contributed by atoms with Crippen molar-refractivity contribution in [2.45, 2.75) is 13.8 Å². The molecule has 0 amide bonds. The van der Waals surface area contributed by atoms with Gasteiger partial charge in [0, 0.05) is 5.56 Å². The number of amidine groups is 1. The fraction of sp³-hybridized carbons (Fsp3) is 0.182. The molecule has 1 aromatic rings. The Morgan fingerprint density at radius 1 is 1.00 bits per heavy atom. The lowest BCUT2D eigenvalue weighted by Crippen LogP contribution is -2.07. The van der Waals surface area contributed by atoms with Crippen LogP contribution in [0.15, 0.2) is 41.2 Å². The Hall–Kier alpha value is -1.57. The Balaban J connectivity index is 2.28. The van der Waals surface area contributed by atoms with Gasteiger partial charge in [0.2, 0.25) is 0 Å². The van der Waals surface area contributed by atoms with E-state index in [1.165, 1.54) is 5.56 Å². The zero-order valence-electron chi connectivity index (χ0n) is 7.78. The van der Waals surface area contributed by atoms with Crippen LogP contribution < -0.4 is 5.32 Å². The molecular formula is C11H11N2. The first-order valence-corrected chi connectivity index (χ1v) is 4.29. The van der Waals surface area contributed by atoms with E-state index in [0.717, 1.165) is 17.1 Å². The lowest BCUT2D eigenvalue weighted by Gasteiger charge is -1.99. The van der Waals surface area contributed by atoms with Gasteiger partial charge in [0.05, 0.1) is 11.9 Å². The van der Waals surface area contributed by atoms with E-state index in [1.54, 1.807) is 6.20 Å². The second kappa shape index (κ2) is 3.05. The number of hydrogen-bond acceptors (Lipinski definition) is 1. The van der Waals surface area contributed by atoms with Crippen molar-refractivity contribution in [3.8, 4) is 0 Å². The molecule has 0 aliphatic carbocycles. The predicted octanol–water partition coefficient (Wildman–Crippen LogP) is 2.22. The van der Waals surface area contributed by atoms with Gasteiger partial charge >= 0.3 is 0 Å². The Labute approximate surface area is 78.0 Å². The van der Waals surface area contributed by atoms with Crippen LogP contribution in [0.3, 0.4) is 0 Å². The lowest BCUT2D eigenvalue weighted by molar-refractivity contribution is 1.27. The van der Waals surface area contributed by atoms with Gasteiger partial charge in [-0.3, -0.25) is 0 Å². The van der Waals surface area contributed by atoms with E-state index in [9.17, 15) is 0 Å². The zero-order chi connectivity index (χ0) is 9.26. The Kier molecular flexibility index (Phi) is 1.89. The maximum Gasteiger partial charge on any atom is 0.159 e. The molecule has 1 aliphatic heterocycles. The molecule has 0 unspecified atom stereocenters. The second-order valence-corrected chi connectivity index (χ2v) is 3.20. The van der Waals surface area contributed by atoms with Gasteiger partial charge in [-0.25, -0.2) is 10.3 Å². The number of nitrogens with zero attached hydrogens (tertiary/aromatic N) is 2. The number of benzene rings is 1. The molecule has 2 rings (SSSR count). The largest absolute Gasteiger partial charge is 0.235 e. The summed E-state index contributed by atoms with van der Waals surface area (Å²) in [6, 6.07) is 8.23. The van der Waals surface area contributed by atoms with Crippen LogP contribution in [0.4, 0.5) is 0 Å². The van der Waals surface area contributed by atoms with Crippen LogP contribution in [-0.2, 0) is 0 Å². The molecule has 1 aliphatic rings. The van der Waals surface area contributed by atoms with Gasteiger partial charge < -0.3 is 0 Å². The highest BCUT2D eigenvalue weighted by molar-refractivity contribution is 6.01. The molecule has 13 heavy (non-hydrogen) atoms. The monoisotopic (exact) mass is 171 g/mol. The summed E-state index contributed by atoms with van der Waals surface area (Å²) in [5.74, 6) is 0.817. The third-order valence-corrected chi connectivity index (χ3v) is 1.97. The molecule has 0 spiro atoms. The van der Waals surface area contributed by atoms with Gasteiger partial charge in [0.15, 0.2) is 5.84 Å². The summed E-state index contributed by atoms with van der Waals surface area (Å²) in [4.78, 5) is 4.30. The average molecular weight is 171 g/mol. The van der Waals surface area contributed by atoms with Crippen LogP contribution in [0, 0.1) is 6.92 Å². The van der Waals surface area contributed by atoms with Gasteiger partial charge in [-0.1, -0.05) is 29.8 Å². The molecular weight excluding hydrogens is 160 g/mol. The molecule has 1 aromatic carbocycles. The van der Waals surface area contributed by atoms with Crippen LogP contribution in [-0.4, -0.2) is 5.84 Å². The maximum absolute atomic E-state index is 4.30. The van der Waals surface area contributed by atoms with Crippen molar-refractivity contribution in [2.75, 3.05) is 0 Å². The van der Waals surface area contributed by atoms with E-state index in [0.29, 0.717) is 0 Å². The third kappa shape index (κ3) is 1.61. The normalized spacial score (nSPS) is 14.9. The molecule has 2 nitrogen and oxygen atoms in total. The van der Waals surface area contributed by atoms with E-state index < -0.39 is 0 Å². The van der Waals surface area contributed by atoms with E-state index >= 15 is 0 Å². The summed E-state index contributed by atoms with van der Waals surface area (Å²) in [6.07, 6.45) is 1.79. The number of rotatable bonds is 1. The van der Waals surface area contributed by atoms with E-state index in [1.807, 2.05) is 19.1 Å². The zero-order valence-corrected chi connectivity index (χ0v) is 7.78. The minimum Gasteiger partial charge on any atom is -0.235 e. The number of aliphatic imine (C=N–C) groups is 1. The average Bonchev–Trinajstić information content (AvgIpc) is 2.53. The van der Waals surface area contributed by atoms with Gasteiger partial charge in [-0.15, -0.1) is 0 Å². The van der Waals surface area contributed by atoms with Crippen molar-refractivity contribution >= 4 is 5.84 Å². The van der Waals surface area contributed by atoms with Gasteiger partial charge in [-0.2, -0.15) is 0 Å². The first kappa shape index (κ1) is 8.05. The van der Waals surface area contributed by atoms with Crippen LogP contribution in [0.1, 0.15) is 18.1 Å². The standard InChI is InChI=1S/C11H11N2/c1-8-3-5-10(6-4-8)11-12-7-9(2)13-11/h3-7H,1-2H3. The summed E-state index contributed by atoms with van der Waals surface area (Å²) < 4.78 is 0. The minimum absolute atomic E-state index is 0.817. The summed E-state index contributed by atoms with van der Waals surface area (Å²) in [6.45, 7) is 4.02. The molecule has 2 heteroatoms. The molecule has 1 radical (unpaired) electrons. The molecule has 0 saturated carbocycles. The molecule has 0 atom stereocenters. The fourth-order valence-electron chi connectivity index (χ4n) is 1.22. The van der Waals surface area contributed by atoms with Crippen LogP contribution >= 0.6 is 0 Å².